The highest BCUT2D eigenvalue weighted by molar-refractivity contribution is 6.44. The fourth-order valence-corrected chi connectivity index (χ4v) is 4.09. The maximum atomic E-state index is 13.5. The van der Waals surface area contributed by atoms with Crippen LogP contribution in [0.25, 0.3) is 0 Å². The molecule has 1 aliphatic rings. The second-order valence-corrected chi connectivity index (χ2v) is 8.29. The number of amides is 1. The number of carbonyl (C=O) groups excluding carboxylic acids is 3. The van der Waals surface area contributed by atoms with Gasteiger partial charge in [0.05, 0.1) is 20.3 Å². The summed E-state index contributed by atoms with van der Waals surface area (Å²) in [4.78, 5) is 43.2. The molecular formula is C25H30N2O5. The predicted molar refractivity (Wildman–Crippen MR) is 121 cm³/mol. The lowest BCUT2D eigenvalue weighted by Gasteiger charge is -2.28. The van der Waals surface area contributed by atoms with E-state index in [2.05, 4.69) is 0 Å². The molecule has 2 aromatic rings. The minimum atomic E-state index is -1.11. The van der Waals surface area contributed by atoms with Crippen LogP contribution in [0, 0.1) is 12.8 Å². The molecule has 0 saturated carbocycles. The molecule has 2 unspecified atom stereocenters. The SMILES string of the molecule is COc1ccc(C(=O)C2C(=O)C(=O)N(CCCN(C)C)C2c2ccc(C)cc2)cc1OC. The zero-order valence-corrected chi connectivity index (χ0v) is 19.3. The van der Waals surface area contributed by atoms with E-state index in [-0.39, 0.29) is 0 Å². The van der Waals surface area contributed by atoms with E-state index in [0.29, 0.717) is 30.0 Å². The number of aryl methyl sites for hydroxylation is 1. The Morgan fingerprint density at radius 2 is 1.66 bits per heavy atom. The molecule has 1 amide bonds. The van der Waals surface area contributed by atoms with Gasteiger partial charge in [-0.3, -0.25) is 14.4 Å². The van der Waals surface area contributed by atoms with Gasteiger partial charge in [0.1, 0.15) is 5.92 Å². The minimum Gasteiger partial charge on any atom is -0.493 e. The summed E-state index contributed by atoms with van der Waals surface area (Å²) < 4.78 is 10.6. The van der Waals surface area contributed by atoms with Gasteiger partial charge in [0.25, 0.3) is 5.91 Å². The van der Waals surface area contributed by atoms with Crippen molar-refractivity contribution in [1.82, 2.24) is 9.80 Å². The summed E-state index contributed by atoms with van der Waals surface area (Å²) in [5.74, 6) is -1.90. The van der Waals surface area contributed by atoms with Gasteiger partial charge in [0.15, 0.2) is 17.3 Å². The van der Waals surface area contributed by atoms with Gasteiger partial charge in [0, 0.05) is 12.1 Å². The summed E-state index contributed by atoms with van der Waals surface area (Å²) in [6.07, 6.45) is 0.700. The third-order valence-corrected chi connectivity index (χ3v) is 5.78. The van der Waals surface area contributed by atoms with Gasteiger partial charge in [-0.1, -0.05) is 29.8 Å². The van der Waals surface area contributed by atoms with Gasteiger partial charge in [-0.25, -0.2) is 0 Å². The Labute approximate surface area is 188 Å². The number of likely N-dealkylation sites (tertiary alicyclic amines) is 1. The summed E-state index contributed by atoms with van der Waals surface area (Å²) in [5, 5.41) is 0. The Morgan fingerprint density at radius 3 is 2.25 bits per heavy atom. The third-order valence-electron chi connectivity index (χ3n) is 5.78. The molecule has 2 aromatic carbocycles. The Hall–Kier alpha value is -3.19. The molecule has 1 saturated heterocycles. The van der Waals surface area contributed by atoms with Crippen LogP contribution in [0.5, 0.6) is 11.5 Å². The first kappa shape index (κ1) is 23.5. The first-order valence-corrected chi connectivity index (χ1v) is 10.6. The van der Waals surface area contributed by atoms with Crippen molar-refractivity contribution >= 4 is 17.5 Å². The smallest absolute Gasteiger partial charge is 0.291 e. The standard InChI is InChI=1S/C25H30N2O5/c1-16-7-9-17(10-8-16)22-21(24(29)25(30)27(22)14-6-13-26(2)3)23(28)18-11-12-19(31-4)20(15-18)32-5/h7-12,15,21-22H,6,13-14H2,1-5H3. The van der Waals surface area contributed by atoms with Crippen LogP contribution in [0.3, 0.4) is 0 Å². The number of benzene rings is 2. The van der Waals surface area contributed by atoms with Gasteiger partial charge in [-0.2, -0.15) is 0 Å². The molecule has 3 rings (SSSR count). The topological polar surface area (TPSA) is 76.2 Å². The van der Waals surface area contributed by atoms with E-state index < -0.39 is 29.4 Å². The first-order valence-electron chi connectivity index (χ1n) is 10.6. The lowest BCUT2D eigenvalue weighted by Crippen LogP contribution is -2.33. The highest BCUT2D eigenvalue weighted by atomic mass is 16.5. The Kier molecular flexibility index (Phi) is 7.30. The highest BCUT2D eigenvalue weighted by Crippen LogP contribution is 2.39. The van der Waals surface area contributed by atoms with Gasteiger partial charge >= 0.3 is 0 Å². The van der Waals surface area contributed by atoms with Gasteiger partial charge < -0.3 is 19.3 Å². The second kappa shape index (κ2) is 9.96. The molecule has 32 heavy (non-hydrogen) atoms. The molecule has 0 aromatic heterocycles. The summed E-state index contributed by atoms with van der Waals surface area (Å²) in [6.45, 7) is 3.14. The molecule has 1 fully saturated rings. The van der Waals surface area contributed by atoms with Crippen molar-refractivity contribution in [3.8, 4) is 11.5 Å². The van der Waals surface area contributed by atoms with Crippen molar-refractivity contribution in [2.45, 2.75) is 19.4 Å². The monoisotopic (exact) mass is 438 g/mol. The number of hydrogen-bond acceptors (Lipinski definition) is 6. The molecule has 0 spiro atoms. The molecule has 0 radical (unpaired) electrons. The van der Waals surface area contributed by atoms with E-state index >= 15 is 0 Å². The van der Waals surface area contributed by atoms with Gasteiger partial charge in [0.2, 0.25) is 5.78 Å². The molecule has 2 atom stereocenters. The summed E-state index contributed by atoms with van der Waals surface area (Å²) in [6, 6.07) is 11.8. The van der Waals surface area contributed by atoms with Crippen LogP contribution in [0.15, 0.2) is 42.5 Å². The van der Waals surface area contributed by atoms with Crippen molar-refractivity contribution in [1.29, 1.82) is 0 Å². The Morgan fingerprint density at radius 1 is 1.00 bits per heavy atom. The van der Waals surface area contributed by atoms with Crippen LogP contribution in [0.1, 0.15) is 33.9 Å². The molecule has 7 nitrogen and oxygen atoms in total. The van der Waals surface area contributed by atoms with Crippen molar-refractivity contribution in [2.24, 2.45) is 5.92 Å². The number of ketones is 2. The Balaban J connectivity index is 2.01. The van der Waals surface area contributed by atoms with Gasteiger partial charge in [-0.15, -0.1) is 0 Å². The Bertz CT molecular complexity index is 1000. The highest BCUT2D eigenvalue weighted by Gasteiger charge is 2.51. The first-order chi connectivity index (χ1) is 15.3. The quantitative estimate of drug-likeness (QED) is 0.340. The summed E-state index contributed by atoms with van der Waals surface area (Å²) >= 11 is 0. The molecule has 170 valence electrons. The van der Waals surface area contributed by atoms with Crippen LogP contribution in [-0.2, 0) is 9.59 Å². The average Bonchev–Trinajstić information content (AvgIpc) is 3.03. The maximum Gasteiger partial charge on any atom is 0.291 e. The number of Topliss-reactive ketones (excluding diaryl/α,β-unsaturated/α-hetero) is 2. The van der Waals surface area contributed by atoms with Crippen molar-refractivity contribution < 1.29 is 23.9 Å². The van der Waals surface area contributed by atoms with E-state index in [9.17, 15) is 14.4 Å². The van der Waals surface area contributed by atoms with Crippen LogP contribution in [0.4, 0.5) is 0 Å². The maximum absolute atomic E-state index is 13.5. The number of nitrogens with zero attached hydrogens (tertiary/aromatic N) is 2. The zero-order chi connectivity index (χ0) is 23.4. The van der Waals surface area contributed by atoms with E-state index in [0.717, 1.165) is 17.7 Å². The molecule has 1 aliphatic heterocycles. The number of ether oxygens (including phenoxy) is 2. The van der Waals surface area contributed by atoms with Crippen molar-refractivity contribution in [3.63, 3.8) is 0 Å². The van der Waals surface area contributed by atoms with Crippen LogP contribution in [-0.4, -0.2) is 68.7 Å². The third kappa shape index (κ3) is 4.67. The van der Waals surface area contributed by atoms with Crippen LogP contribution < -0.4 is 9.47 Å². The fourth-order valence-electron chi connectivity index (χ4n) is 4.09. The molecule has 0 aliphatic carbocycles. The average molecular weight is 439 g/mol. The lowest BCUT2D eigenvalue weighted by atomic mass is 9.86. The van der Waals surface area contributed by atoms with E-state index in [1.807, 2.05) is 50.2 Å². The van der Waals surface area contributed by atoms with E-state index in [4.69, 9.17) is 9.47 Å². The van der Waals surface area contributed by atoms with Crippen LogP contribution >= 0.6 is 0 Å². The van der Waals surface area contributed by atoms with Crippen LogP contribution in [0.2, 0.25) is 0 Å². The molecule has 7 heteroatoms. The largest absolute Gasteiger partial charge is 0.493 e. The van der Waals surface area contributed by atoms with Crippen molar-refractivity contribution in [2.75, 3.05) is 41.4 Å². The summed E-state index contributed by atoms with van der Waals surface area (Å²) in [7, 11) is 6.91. The normalized spacial score (nSPS) is 18.4. The lowest BCUT2D eigenvalue weighted by molar-refractivity contribution is -0.140. The molecule has 1 heterocycles. The van der Waals surface area contributed by atoms with E-state index in [1.165, 1.54) is 14.2 Å². The minimum absolute atomic E-state index is 0.307. The van der Waals surface area contributed by atoms with Crippen molar-refractivity contribution in [3.05, 3.63) is 59.2 Å². The fraction of sp³-hybridized carbons (Fsp3) is 0.400. The zero-order valence-electron chi connectivity index (χ0n) is 19.3. The molecular weight excluding hydrogens is 408 g/mol. The summed E-state index contributed by atoms with van der Waals surface area (Å²) in [5.41, 5.74) is 2.14. The number of carbonyl (C=O) groups is 3. The molecule has 0 bridgehead atoms. The number of rotatable bonds is 9. The number of hydrogen-bond donors (Lipinski definition) is 0. The predicted octanol–water partition coefficient (Wildman–Crippen LogP) is 2.92. The molecule has 0 N–H and O–H groups in total. The van der Waals surface area contributed by atoms with Gasteiger partial charge in [-0.05, 0) is 57.7 Å². The second-order valence-electron chi connectivity index (χ2n) is 8.29. The van der Waals surface area contributed by atoms with E-state index in [1.54, 1.807) is 23.1 Å². The number of methoxy groups -OCH3 is 2.